The number of hydrogen-bond donors (Lipinski definition) is 2. The van der Waals surface area contributed by atoms with Gasteiger partial charge in [0.1, 0.15) is 5.82 Å². The number of nitrogens with zero attached hydrogens (tertiary/aromatic N) is 1. The van der Waals surface area contributed by atoms with Gasteiger partial charge in [0.25, 0.3) is 0 Å². The Labute approximate surface area is 138 Å². The molecular formula is C17H18F3N3O. The van der Waals surface area contributed by atoms with Gasteiger partial charge in [0.2, 0.25) is 5.91 Å². The summed E-state index contributed by atoms with van der Waals surface area (Å²) in [4.78, 5) is 15.8. The van der Waals surface area contributed by atoms with Crippen molar-refractivity contribution in [3.05, 3.63) is 48.2 Å². The number of alkyl halides is 3. The summed E-state index contributed by atoms with van der Waals surface area (Å²) >= 11 is 0. The van der Waals surface area contributed by atoms with Crippen LogP contribution >= 0.6 is 0 Å². The lowest BCUT2D eigenvalue weighted by Crippen LogP contribution is -2.13. The number of hydrogen-bond acceptors (Lipinski definition) is 3. The molecule has 0 aliphatic heterocycles. The van der Waals surface area contributed by atoms with Gasteiger partial charge in [-0.15, -0.1) is 0 Å². The number of aromatic nitrogens is 1. The predicted molar refractivity (Wildman–Crippen MR) is 87.0 cm³/mol. The van der Waals surface area contributed by atoms with Gasteiger partial charge in [-0.1, -0.05) is 13.8 Å². The first-order chi connectivity index (χ1) is 11.2. The Balaban J connectivity index is 1.97. The molecule has 0 unspecified atom stereocenters. The maximum Gasteiger partial charge on any atom is 0.416 e. The van der Waals surface area contributed by atoms with Crippen LogP contribution in [0.25, 0.3) is 0 Å². The number of amides is 1. The molecule has 2 N–H and O–H groups in total. The smallest absolute Gasteiger partial charge is 0.340 e. The van der Waals surface area contributed by atoms with Crippen molar-refractivity contribution in [3.8, 4) is 0 Å². The third-order valence-electron chi connectivity index (χ3n) is 3.13. The Morgan fingerprint density at radius 3 is 2.21 bits per heavy atom. The van der Waals surface area contributed by atoms with E-state index < -0.39 is 11.7 Å². The highest BCUT2D eigenvalue weighted by molar-refractivity contribution is 5.90. The Bertz CT molecular complexity index is 680. The van der Waals surface area contributed by atoms with Gasteiger partial charge in [-0.3, -0.25) is 4.79 Å². The number of carbonyl (C=O) groups excluding carboxylic acids is 1. The molecule has 0 spiro atoms. The second-order valence-corrected chi connectivity index (χ2v) is 5.78. The minimum atomic E-state index is -4.35. The Kier molecular flexibility index (Phi) is 5.43. The molecule has 0 aliphatic rings. The maximum absolute atomic E-state index is 12.5. The fourth-order valence-electron chi connectivity index (χ4n) is 2.01. The van der Waals surface area contributed by atoms with E-state index in [0.717, 1.165) is 12.1 Å². The average Bonchev–Trinajstić information content (AvgIpc) is 2.48. The van der Waals surface area contributed by atoms with E-state index in [9.17, 15) is 18.0 Å². The van der Waals surface area contributed by atoms with Crippen LogP contribution in [0.3, 0.4) is 0 Å². The first kappa shape index (κ1) is 17.8. The van der Waals surface area contributed by atoms with Gasteiger partial charge < -0.3 is 10.6 Å². The van der Waals surface area contributed by atoms with E-state index >= 15 is 0 Å². The highest BCUT2D eigenvalue weighted by Crippen LogP contribution is 2.30. The Morgan fingerprint density at radius 1 is 1.08 bits per heavy atom. The van der Waals surface area contributed by atoms with Crippen LogP contribution in [0.5, 0.6) is 0 Å². The average molecular weight is 337 g/mol. The van der Waals surface area contributed by atoms with E-state index in [1.54, 1.807) is 12.1 Å². The summed E-state index contributed by atoms with van der Waals surface area (Å²) in [6.07, 6.45) is -2.44. The van der Waals surface area contributed by atoms with Gasteiger partial charge in [-0.25, -0.2) is 4.98 Å². The number of anilines is 3. The second-order valence-electron chi connectivity index (χ2n) is 5.78. The standard InChI is InChI=1S/C17H18F3N3O/c1-11(2)9-16(24)23-14-7-8-15(21-10-14)22-13-5-3-12(4-6-13)17(18,19)20/h3-8,10-11H,9H2,1-2H3,(H,21,22)(H,23,24). The van der Waals surface area contributed by atoms with Crippen molar-refractivity contribution in [3.63, 3.8) is 0 Å². The zero-order valence-electron chi connectivity index (χ0n) is 13.3. The second kappa shape index (κ2) is 7.33. The van der Waals surface area contributed by atoms with Gasteiger partial charge in [-0.2, -0.15) is 13.2 Å². The summed E-state index contributed by atoms with van der Waals surface area (Å²) in [7, 11) is 0. The van der Waals surface area contributed by atoms with E-state index in [1.807, 2.05) is 13.8 Å². The molecule has 24 heavy (non-hydrogen) atoms. The first-order valence-electron chi connectivity index (χ1n) is 7.44. The summed E-state index contributed by atoms with van der Waals surface area (Å²) in [6.45, 7) is 3.91. The van der Waals surface area contributed by atoms with Crippen molar-refractivity contribution >= 4 is 23.1 Å². The molecule has 1 amide bonds. The van der Waals surface area contributed by atoms with E-state index in [4.69, 9.17) is 0 Å². The summed E-state index contributed by atoms with van der Waals surface area (Å²) in [6, 6.07) is 8.00. The summed E-state index contributed by atoms with van der Waals surface area (Å²) in [5.74, 6) is 0.644. The molecule has 7 heteroatoms. The SMILES string of the molecule is CC(C)CC(=O)Nc1ccc(Nc2ccc(C(F)(F)F)cc2)nc1. The quantitative estimate of drug-likeness (QED) is 0.822. The summed E-state index contributed by atoms with van der Waals surface area (Å²) in [5, 5.41) is 5.64. The Morgan fingerprint density at radius 2 is 1.71 bits per heavy atom. The third kappa shape index (κ3) is 5.26. The van der Waals surface area contributed by atoms with Crippen LogP contribution in [0.4, 0.5) is 30.4 Å². The molecule has 0 radical (unpaired) electrons. The van der Waals surface area contributed by atoms with Crippen LogP contribution in [0.2, 0.25) is 0 Å². The molecule has 0 saturated carbocycles. The predicted octanol–water partition coefficient (Wildman–Crippen LogP) is 4.83. The zero-order chi connectivity index (χ0) is 17.7. The molecule has 4 nitrogen and oxygen atoms in total. The van der Waals surface area contributed by atoms with Gasteiger partial charge >= 0.3 is 6.18 Å². The monoisotopic (exact) mass is 337 g/mol. The Hall–Kier alpha value is -2.57. The molecular weight excluding hydrogens is 319 g/mol. The summed E-state index contributed by atoms with van der Waals surface area (Å²) in [5.41, 5.74) is 0.356. The maximum atomic E-state index is 12.5. The minimum absolute atomic E-state index is 0.0877. The van der Waals surface area contributed by atoms with Crippen LogP contribution in [-0.2, 0) is 11.0 Å². The van der Waals surface area contributed by atoms with Gasteiger partial charge in [0.15, 0.2) is 0 Å². The van der Waals surface area contributed by atoms with Crippen molar-refractivity contribution in [2.45, 2.75) is 26.4 Å². The lowest BCUT2D eigenvalue weighted by Gasteiger charge is -2.10. The number of pyridine rings is 1. The normalized spacial score (nSPS) is 11.4. The lowest BCUT2D eigenvalue weighted by molar-refractivity contribution is -0.137. The molecule has 1 aromatic heterocycles. The number of carbonyl (C=O) groups is 1. The number of halogens is 3. The zero-order valence-corrected chi connectivity index (χ0v) is 13.3. The fourth-order valence-corrected chi connectivity index (χ4v) is 2.01. The van der Waals surface area contributed by atoms with Gasteiger partial charge in [0.05, 0.1) is 17.4 Å². The van der Waals surface area contributed by atoms with Gasteiger partial charge in [-0.05, 0) is 42.3 Å². The molecule has 0 aliphatic carbocycles. The molecule has 128 valence electrons. The van der Waals surface area contributed by atoms with Crippen LogP contribution in [0, 0.1) is 5.92 Å². The summed E-state index contributed by atoms with van der Waals surface area (Å²) < 4.78 is 37.5. The van der Waals surface area contributed by atoms with Crippen molar-refractivity contribution in [1.29, 1.82) is 0 Å². The number of nitrogens with one attached hydrogen (secondary N) is 2. The molecule has 0 saturated heterocycles. The van der Waals surface area contributed by atoms with Crippen LogP contribution in [0.15, 0.2) is 42.6 Å². The van der Waals surface area contributed by atoms with Crippen molar-refractivity contribution in [2.24, 2.45) is 5.92 Å². The van der Waals surface area contributed by atoms with Crippen LogP contribution < -0.4 is 10.6 Å². The van der Waals surface area contributed by atoms with Crippen molar-refractivity contribution in [1.82, 2.24) is 4.98 Å². The molecule has 1 aromatic carbocycles. The number of rotatable bonds is 5. The van der Waals surface area contributed by atoms with Crippen molar-refractivity contribution < 1.29 is 18.0 Å². The minimum Gasteiger partial charge on any atom is -0.340 e. The molecule has 2 aromatic rings. The topological polar surface area (TPSA) is 54.0 Å². The molecule has 2 rings (SSSR count). The molecule has 0 bridgehead atoms. The highest BCUT2D eigenvalue weighted by Gasteiger charge is 2.29. The largest absolute Gasteiger partial charge is 0.416 e. The third-order valence-corrected chi connectivity index (χ3v) is 3.13. The van der Waals surface area contributed by atoms with Crippen LogP contribution in [-0.4, -0.2) is 10.9 Å². The van der Waals surface area contributed by atoms with E-state index in [1.165, 1.54) is 18.3 Å². The molecule has 1 heterocycles. The van der Waals surface area contributed by atoms with Crippen molar-refractivity contribution in [2.75, 3.05) is 10.6 Å². The van der Waals surface area contributed by atoms with E-state index in [0.29, 0.717) is 23.6 Å². The van der Waals surface area contributed by atoms with Crippen LogP contribution in [0.1, 0.15) is 25.8 Å². The molecule has 0 fully saturated rings. The fraction of sp³-hybridized carbons (Fsp3) is 0.294. The lowest BCUT2D eigenvalue weighted by atomic mass is 10.1. The molecule has 0 atom stereocenters. The highest BCUT2D eigenvalue weighted by atomic mass is 19.4. The van der Waals surface area contributed by atoms with E-state index in [-0.39, 0.29) is 11.8 Å². The number of benzene rings is 1. The first-order valence-corrected chi connectivity index (χ1v) is 7.44. The van der Waals surface area contributed by atoms with Gasteiger partial charge in [0, 0.05) is 12.1 Å². The van der Waals surface area contributed by atoms with E-state index in [2.05, 4.69) is 15.6 Å².